The first kappa shape index (κ1) is 19.1. The van der Waals surface area contributed by atoms with Crippen molar-refractivity contribution in [3.05, 3.63) is 53.1 Å². The van der Waals surface area contributed by atoms with Crippen molar-refractivity contribution in [2.45, 2.75) is 31.2 Å². The molecule has 0 bridgehead atoms. The highest BCUT2D eigenvalue weighted by atomic mass is 19.4. The van der Waals surface area contributed by atoms with Gasteiger partial charge in [0, 0.05) is 35.9 Å². The van der Waals surface area contributed by atoms with E-state index in [0.29, 0.717) is 25.2 Å². The normalized spacial score (nSPS) is 19.9. The summed E-state index contributed by atoms with van der Waals surface area (Å²) in [6, 6.07) is 7.06. The lowest BCUT2D eigenvalue weighted by Crippen LogP contribution is -2.33. The van der Waals surface area contributed by atoms with E-state index < -0.39 is 29.0 Å². The van der Waals surface area contributed by atoms with Gasteiger partial charge in [-0.15, -0.1) is 0 Å². The van der Waals surface area contributed by atoms with Gasteiger partial charge in [-0.05, 0) is 37.1 Å². The zero-order chi connectivity index (χ0) is 20.1. The number of nitrogens with zero attached hydrogens (tertiary/aromatic N) is 1. The average Bonchev–Trinajstić information content (AvgIpc) is 2.81. The lowest BCUT2D eigenvalue weighted by atomic mass is 9.91. The Bertz CT molecular complexity index is 855. The summed E-state index contributed by atoms with van der Waals surface area (Å²) in [5.41, 5.74) is -1.99. The van der Waals surface area contributed by atoms with E-state index in [-0.39, 0.29) is 11.6 Å². The van der Waals surface area contributed by atoms with Crippen LogP contribution >= 0.6 is 0 Å². The number of rotatable bonds is 1. The second kappa shape index (κ2) is 6.69. The summed E-state index contributed by atoms with van der Waals surface area (Å²) in [7, 11) is 0. The molecular formula is C20H18F6N2. The molecule has 1 unspecified atom stereocenters. The Labute approximate surface area is 158 Å². The van der Waals surface area contributed by atoms with Crippen LogP contribution in [0.5, 0.6) is 0 Å². The van der Waals surface area contributed by atoms with E-state index in [1.165, 1.54) is 6.07 Å². The van der Waals surface area contributed by atoms with Crippen molar-refractivity contribution in [2.75, 3.05) is 24.5 Å². The predicted octanol–water partition coefficient (Wildman–Crippen LogP) is 5.12. The quantitative estimate of drug-likeness (QED) is 0.669. The molecule has 2 aromatic rings. The SMILES string of the molecule is FC(F)(F)c1cccc(C(F)(F)F)c1-c1cccc2c1N1CCNCCC1C2. The first-order chi connectivity index (χ1) is 13.2. The van der Waals surface area contributed by atoms with Gasteiger partial charge in [-0.2, -0.15) is 26.3 Å². The fourth-order valence-corrected chi connectivity index (χ4v) is 4.30. The number of alkyl halides is 6. The second-order valence-electron chi connectivity index (χ2n) is 7.13. The van der Waals surface area contributed by atoms with Crippen molar-refractivity contribution in [1.29, 1.82) is 0 Å². The van der Waals surface area contributed by atoms with Gasteiger partial charge in [0.15, 0.2) is 0 Å². The van der Waals surface area contributed by atoms with Crippen LogP contribution in [0.25, 0.3) is 11.1 Å². The van der Waals surface area contributed by atoms with Gasteiger partial charge in [-0.3, -0.25) is 0 Å². The van der Waals surface area contributed by atoms with E-state index >= 15 is 0 Å². The lowest BCUT2D eigenvalue weighted by Gasteiger charge is -2.28. The zero-order valence-electron chi connectivity index (χ0n) is 14.8. The Morgan fingerprint density at radius 1 is 0.857 bits per heavy atom. The number of hydrogen-bond donors (Lipinski definition) is 1. The van der Waals surface area contributed by atoms with E-state index in [4.69, 9.17) is 0 Å². The number of halogens is 6. The van der Waals surface area contributed by atoms with Crippen molar-refractivity contribution >= 4 is 5.69 Å². The monoisotopic (exact) mass is 400 g/mol. The molecule has 28 heavy (non-hydrogen) atoms. The highest BCUT2D eigenvalue weighted by Gasteiger charge is 2.43. The minimum absolute atomic E-state index is 0.00199. The van der Waals surface area contributed by atoms with Gasteiger partial charge in [-0.25, -0.2) is 0 Å². The van der Waals surface area contributed by atoms with Crippen LogP contribution in [-0.4, -0.2) is 25.7 Å². The summed E-state index contributed by atoms with van der Waals surface area (Å²) >= 11 is 0. The Kier molecular flexibility index (Phi) is 4.56. The maximum Gasteiger partial charge on any atom is 0.417 e. The molecule has 2 nitrogen and oxygen atoms in total. The van der Waals surface area contributed by atoms with Gasteiger partial charge < -0.3 is 10.2 Å². The fourth-order valence-electron chi connectivity index (χ4n) is 4.30. The van der Waals surface area contributed by atoms with Crippen LogP contribution < -0.4 is 10.2 Å². The van der Waals surface area contributed by atoms with E-state index in [2.05, 4.69) is 5.32 Å². The number of para-hydroxylation sites is 1. The van der Waals surface area contributed by atoms with Crippen molar-refractivity contribution in [1.82, 2.24) is 5.32 Å². The number of anilines is 1. The van der Waals surface area contributed by atoms with E-state index in [1.807, 2.05) is 4.90 Å². The molecule has 0 aromatic heterocycles. The van der Waals surface area contributed by atoms with Crippen LogP contribution in [0.4, 0.5) is 32.0 Å². The highest BCUT2D eigenvalue weighted by molar-refractivity contribution is 5.87. The van der Waals surface area contributed by atoms with Crippen LogP contribution in [0.3, 0.4) is 0 Å². The molecule has 1 fully saturated rings. The second-order valence-corrected chi connectivity index (χ2v) is 7.13. The van der Waals surface area contributed by atoms with Crippen LogP contribution in [0.15, 0.2) is 36.4 Å². The fraction of sp³-hybridized carbons (Fsp3) is 0.400. The van der Waals surface area contributed by atoms with E-state index in [0.717, 1.165) is 36.7 Å². The molecule has 0 aliphatic carbocycles. The molecule has 8 heteroatoms. The maximum atomic E-state index is 13.7. The Morgan fingerprint density at radius 2 is 1.50 bits per heavy atom. The molecule has 2 aliphatic rings. The van der Waals surface area contributed by atoms with Crippen LogP contribution in [0.1, 0.15) is 23.1 Å². The summed E-state index contributed by atoms with van der Waals surface area (Å²) in [4.78, 5) is 1.97. The molecule has 1 atom stereocenters. The van der Waals surface area contributed by atoms with Gasteiger partial charge in [0.25, 0.3) is 0 Å². The first-order valence-electron chi connectivity index (χ1n) is 9.05. The van der Waals surface area contributed by atoms with Gasteiger partial charge in [0.1, 0.15) is 0 Å². The smallest absolute Gasteiger partial charge is 0.366 e. The molecule has 2 heterocycles. The van der Waals surface area contributed by atoms with E-state index in [9.17, 15) is 26.3 Å². The minimum Gasteiger partial charge on any atom is -0.366 e. The third-order valence-corrected chi connectivity index (χ3v) is 5.43. The van der Waals surface area contributed by atoms with Crippen molar-refractivity contribution in [2.24, 2.45) is 0 Å². The minimum atomic E-state index is -4.89. The van der Waals surface area contributed by atoms with Crippen molar-refractivity contribution in [3.8, 4) is 11.1 Å². The summed E-state index contributed by atoms with van der Waals surface area (Å²) in [6.07, 6.45) is -8.36. The molecule has 0 spiro atoms. The topological polar surface area (TPSA) is 15.3 Å². The summed E-state index contributed by atoms with van der Waals surface area (Å²) in [5.74, 6) is 0. The van der Waals surface area contributed by atoms with Gasteiger partial charge in [0.2, 0.25) is 0 Å². The van der Waals surface area contributed by atoms with Crippen LogP contribution in [0, 0.1) is 0 Å². The van der Waals surface area contributed by atoms with Crippen LogP contribution in [-0.2, 0) is 18.8 Å². The van der Waals surface area contributed by atoms with Crippen molar-refractivity contribution in [3.63, 3.8) is 0 Å². The molecule has 0 amide bonds. The number of benzene rings is 2. The molecule has 150 valence electrons. The molecule has 2 aromatic carbocycles. The number of nitrogens with one attached hydrogen (secondary N) is 1. The molecule has 1 saturated heterocycles. The molecular weight excluding hydrogens is 382 g/mol. The third kappa shape index (κ3) is 3.23. The molecule has 2 aliphatic heterocycles. The largest absolute Gasteiger partial charge is 0.417 e. The van der Waals surface area contributed by atoms with Gasteiger partial charge >= 0.3 is 12.4 Å². The summed E-state index contributed by atoms with van der Waals surface area (Å²) in [5, 5.41) is 3.24. The Hall–Kier alpha value is -2.22. The molecule has 0 saturated carbocycles. The van der Waals surface area contributed by atoms with E-state index in [1.54, 1.807) is 12.1 Å². The maximum absolute atomic E-state index is 13.7. The summed E-state index contributed by atoms with van der Waals surface area (Å²) in [6.45, 7) is 1.96. The predicted molar refractivity (Wildman–Crippen MR) is 94.2 cm³/mol. The Morgan fingerprint density at radius 3 is 2.14 bits per heavy atom. The van der Waals surface area contributed by atoms with Crippen LogP contribution in [0.2, 0.25) is 0 Å². The lowest BCUT2D eigenvalue weighted by molar-refractivity contribution is -0.142. The van der Waals surface area contributed by atoms with Crippen molar-refractivity contribution < 1.29 is 26.3 Å². The molecule has 1 N–H and O–H groups in total. The highest BCUT2D eigenvalue weighted by Crippen LogP contribution is 2.49. The molecule has 4 rings (SSSR count). The van der Waals surface area contributed by atoms with Gasteiger partial charge in [0.05, 0.1) is 11.1 Å². The Balaban J connectivity index is 1.98. The average molecular weight is 400 g/mol. The third-order valence-electron chi connectivity index (χ3n) is 5.43. The molecule has 0 radical (unpaired) electrons. The first-order valence-corrected chi connectivity index (χ1v) is 9.05. The van der Waals surface area contributed by atoms with Gasteiger partial charge in [-0.1, -0.05) is 24.3 Å². The number of fused-ring (bicyclic) bond motifs is 3. The zero-order valence-corrected chi connectivity index (χ0v) is 14.8. The standard InChI is InChI=1S/C20H18F6N2/c21-19(22,23)15-5-2-6-16(20(24,25)26)17(15)14-4-1-3-12-11-13-7-8-27-9-10-28(13)18(12)14/h1-6,13,27H,7-11H2. The number of hydrogen-bond acceptors (Lipinski definition) is 2. The summed E-state index contributed by atoms with van der Waals surface area (Å²) < 4.78 is 82.0.